The Balaban J connectivity index is 1.71. The van der Waals surface area contributed by atoms with Crippen LogP contribution in [0.15, 0.2) is 12.4 Å². The third-order valence-electron chi connectivity index (χ3n) is 3.05. The fourth-order valence-corrected chi connectivity index (χ4v) is 2.12. The molecule has 1 aliphatic heterocycles. The lowest BCUT2D eigenvalue weighted by atomic mass is 10.2. The van der Waals surface area contributed by atoms with Crippen molar-refractivity contribution < 1.29 is 9.47 Å². The third kappa shape index (κ3) is 3.82. The molecule has 0 aliphatic carbocycles. The van der Waals surface area contributed by atoms with Crippen LogP contribution in [-0.4, -0.2) is 29.1 Å². The van der Waals surface area contributed by atoms with E-state index >= 15 is 0 Å². The monoisotopic (exact) mass is 238 g/mol. The molecule has 1 atom stereocenters. The second-order valence-electron chi connectivity index (χ2n) is 4.45. The first kappa shape index (κ1) is 12.6. The van der Waals surface area contributed by atoms with Crippen LogP contribution in [0, 0.1) is 0 Å². The van der Waals surface area contributed by atoms with E-state index in [-0.39, 0.29) is 6.29 Å². The van der Waals surface area contributed by atoms with Crippen molar-refractivity contribution in [2.75, 3.05) is 13.2 Å². The summed E-state index contributed by atoms with van der Waals surface area (Å²) in [5.74, 6) is 1.15. The standard InChI is InChI=1S/C13H22N2O2/c1-2-5-12-14-7-8-15(12)9-11-17-13-6-3-4-10-16-13/h7-8,13H,2-6,9-11H2,1H3. The van der Waals surface area contributed by atoms with Gasteiger partial charge in [0.2, 0.25) is 0 Å². The van der Waals surface area contributed by atoms with Crippen LogP contribution in [0.2, 0.25) is 0 Å². The maximum absolute atomic E-state index is 5.72. The predicted octanol–water partition coefficient (Wildman–Crippen LogP) is 2.38. The highest BCUT2D eigenvalue weighted by Crippen LogP contribution is 2.13. The molecule has 0 aromatic carbocycles. The van der Waals surface area contributed by atoms with E-state index < -0.39 is 0 Å². The van der Waals surface area contributed by atoms with Crippen LogP contribution in [0.4, 0.5) is 0 Å². The first-order chi connectivity index (χ1) is 8.40. The zero-order valence-corrected chi connectivity index (χ0v) is 10.6. The molecule has 96 valence electrons. The Kier molecular flexibility index (Phi) is 5.01. The molecule has 2 heterocycles. The number of aryl methyl sites for hydroxylation is 1. The van der Waals surface area contributed by atoms with Crippen molar-refractivity contribution in [1.82, 2.24) is 9.55 Å². The fraction of sp³-hybridized carbons (Fsp3) is 0.769. The lowest BCUT2D eigenvalue weighted by Gasteiger charge is -2.22. The van der Waals surface area contributed by atoms with Gasteiger partial charge in [-0.2, -0.15) is 0 Å². The van der Waals surface area contributed by atoms with Crippen molar-refractivity contribution in [3.63, 3.8) is 0 Å². The molecule has 0 saturated carbocycles. The molecule has 1 saturated heterocycles. The van der Waals surface area contributed by atoms with Gasteiger partial charge in [-0.05, 0) is 25.7 Å². The summed E-state index contributed by atoms with van der Waals surface area (Å²) in [4.78, 5) is 4.35. The van der Waals surface area contributed by atoms with Gasteiger partial charge in [0.05, 0.1) is 6.61 Å². The number of nitrogens with zero attached hydrogens (tertiary/aromatic N) is 2. The van der Waals surface area contributed by atoms with E-state index in [1.165, 1.54) is 12.8 Å². The van der Waals surface area contributed by atoms with Crippen molar-refractivity contribution in [2.45, 2.75) is 51.9 Å². The maximum atomic E-state index is 5.72. The van der Waals surface area contributed by atoms with Gasteiger partial charge in [0, 0.05) is 32.0 Å². The number of ether oxygens (including phenoxy) is 2. The Bertz CT molecular complexity index is 319. The highest BCUT2D eigenvalue weighted by atomic mass is 16.7. The molecule has 1 unspecified atom stereocenters. The van der Waals surface area contributed by atoms with Gasteiger partial charge in [0.25, 0.3) is 0 Å². The Hall–Kier alpha value is -0.870. The second kappa shape index (κ2) is 6.77. The van der Waals surface area contributed by atoms with Crippen molar-refractivity contribution in [3.05, 3.63) is 18.2 Å². The van der Waals surface area contributed by atoms with Gasteiger partial charge in [-0.3, -0.25) is 0 Å². The van der Waals surface area contributed by atoms with E-state index in [2.05, 4.69) is 16.5 Å². The Morgan fingerprint density at radius 3 is 3.24 bits per heavy atom. The van der Waals surface area contributed by atoms with Gasteiger partial charge < -0.3 is 14.0 Å². The lowest BCUT2D eigenvalue weighted by molar-refractivity contribution is -0.163. The summed E-state index contributed by atoms with van der Waals surface area (Å²) in [5, 5.41) is 0. The minimum absolute atomic E-state index is 0.0156. The predicted molar refractivity (Wildman–Crippen MR) is 65.8 cm³/mol. The van der Waals surface area contributed by atoms with Crippen LogP contribution in [0.1, 0.15) is 38.4 Å². The van der Waals surface area contributed by atoms with Crippen LogP contribution in [0.5, 0.6) is 0 Å². The summed E-state index contributed by atoms with van der Waals surface area (Å²) in [7, 11) is 0. The molecule has 1 fully saturated rings. The molecule has 4 heteroatoms. The molecule has 2 rings (SSSR count). The van der Waals surface area contributed by atoms with E-state index in [9.17, 15) is 0 Å². The van der Waals surface area contributed by atoms with Gasteiger partial charge in [-0.25, -0.2) is 4.98 Å². The van der Waals surface area contributed by atoms with Crippen molar-refractivity contribution >= 4 is 0 Å². The summed E-state index contributed by atoms with van der Waals surface area (Å²) in [6.07, 6.45) is 9.49. The summed E-state index contributed by atoms with van der Waals surface area (Å²) < 4.78 is 13.4. The zero-order chi connectivity index (χ0) is 11.9. The van der Waals surface area contributed by atoms with E-state index in [0.717, 1.165) is 38.2 Å². The Labute approximate surface area is 103 Å². The smallest absolute Gasteiger partial charge is 0.157 e. The van der Waals surface area contributed by atoms with Crippen LogP contribution in [0.3, 0.4) is 0 Å². The number of aromatic nitrogens is 2. The van der Waals surface area contributed by atoms with E-state index in [0.29, 0.717) is 6.61 Å². The number of imidazole rings is 1. The van der Waals surface area contributed by atoms with Crippen LogP contribution in [-0.2, 0) is 22.4 Å². The minimum Gasteiger partial charge on any atom is -0.353 e. The highest BCUT2D eigenvalue weighted by molar-refractivity contribution is 4.92. The van der Waals surface area contributed by atoms with Crippen LogP contribution in [0.25, 0.3) is 0 Å². The van der Waals surface area contributed by atoms with Gasteiger partial charge in [0.1, 0.15) is 5.82 Å². The molecule has 1 aromatic rings. The molecule has 0 radical (unpaired) electrons. The van der Waals surface area contributed by atoms with Gasteiger partial charge in [0.15, 0.2) is 6.29 Å². The average Bonchev–Trinajstić information content (AvgIpc) is 2.79. The molecule has 1 aliphatic rings. The third-order valence-corrected chi connectivity index (χ3v) is 3.05. The molecule has 17 heavy (non-hydrogen) atoms. The minimum atomic E-state index is 0.0156. The molecular weight excluding hydrogens is 216 g/mol. The Morgan fingerprint density at radius 1 is 1.53 bits per heavy atom. The summed E-state index contributed by atoms with van der Waals surface area (Å²) in [6, 6.07) is 0. The summed E-state index contributed by atoms with van der Waals surface area (Å²) in [6.45, 7) is 4.59. The zero-order valence-electron chi connectivity index (χ0n) is 10.6. The second-order valence-corrected chi connectivity index (χ2v) is 4.45. The largest absolute Gasteiger partial charge is 0.353 e. The number of rotatable bonds is 6. The van der Waals surface area contributed by atoms with E-state index in [1.807, 2.05) is 12.4 Å². The van der Waals surface area contributed by atoms with Gasteiger partial charge in [-0.15, -0.1) is 0 Å². The van der Waals surface area contributed by atoms with Crippen LogP contribution >= 0.6 is 0 Å². The molecule has 0 bridgehead atoms. The summed E-state index contributed by atoms with van der Waals surface area (Å²) in [5.41, 5.74) is 0. The maximum Gasteiger partial charge on any atom is 0.157 e. The normalized spacial score (nSPS) is 20.6. The van der Waals surface area contributed by atoms with Gasteiger partial charge in [-0.1, -0.05) is 6.92 Å². The Morgan fingerprint density at radius 2 is 2.47 bits per heavy atom. The quantitative estimate of drug-likeness (QED) is 0.763. The van der Waals surface area contributed by atoms with Crippen molar-refractivity contribution in [2.24, 2.45) is 0 Å². The topological polar surface area (TPSA) is 36.3 Å². The molecule has 0 N–H and O–H groups in total. The fourth-order valence-electron chi connectivity index (χ4n) is 2.12. The molecular formula is C13H22N2O2. The van der Waals surface area contributed by atoms with Crippen molar-refractivity contribution in [1.29, 1.82) is 0 Å². The van der Waals surface area contributed by atoms with Crippen molar-refractivity contribution in [3.8, 4) is 0 Å². The number of hydrogen-bond acceptors (Lipinski definition) is 3. The van der Waals surface area contributed by atoms with E-state index in [4.69, 9.17) is 9.47 Å². The highest BCUT2D eigenvalue weighted by Gasteiger charge is 2.13. The average molecular weight is 238 g/mol. The van der Waals surface area contributed by atoms with Gasteiger partial charge >= 0.3 is 0 Å². The molecule has 0 amide bonds. The van der Waals surface area contributed by atoms with E-state index in [1.54, 1.807) is 0 Å². The first-order valence-electron chi connectivity index (χ1n) is 6.63. The number of hydrogen-bond donors (Lipinski definition) is 0. The molecule has 0 spiro atoms. The SMILES string of the molecule is CCCc1nccn1CCOC1CCCCO1. The first-order valence-corrected chi connectivity index (χ1v) is 6.63. The van der Waals surface area contributed by atoms with Crippen LogP contribution < -0.4 is 0 Å². The molecule has 4 nitrogen and oxygen atoms in total. The molecule has 1 aromatic heterocycles. The summed E-state index contributed by atoms with van der Waals surface area (Å²) >= 11 is 0. The lowest BCUT2D eigenvalue weighted by Crippen LogP contribution is -2.24.